The van der Waals surface area contributed by atoms with E-state index >= 15 is 0 Å². The molecule has 0 saturated carbocycles. The first kappa shape index (κ1) is 18.0. The Kier molecular flexibility index (Phi) is 5.69. The molecule has 1 aromatic carbocycles. The van der Waals surface area contributed by atoms with Crippen LogP contribution in [0.25, 0.3) is 11.0 Å². The molecule has 1 aliphatic rings. The van der Waals surface area contributed by atoms with E-state index in [4.69, 9.17) is 4.42 Å². The molecule has 3 rings (SSSR count). The standard InChI is InChI=1S/C19H18I2O3/c1-2-3-7-16-13(12-6-4-5-8-15(12)24-16)9-11-10-14(20)19(23)17(21)18(11)22/h4-6,8,10,17,22H,2-3,7,9H2,1H3/t17-/m0/s1. The van der Waals surface area contributed by atoms with Crippen LogP contribution in [0.5, 0.6) is 0 Å². The van der Waals surface area contributed by atoms with Gasteiger partial charge in [0.25, 0.3) is 0 Å². The Morgan fingerprint density at radius 3 is 2.79 bits per heavy atom. The van der Waals surface area contributed by atoms with Crippen LogP contribution < -0.4 is 0 Å². The number of Topliss-reactive ketones (excluding diaryl/α,β-unsaturated/α-hetero) is 1. The molecule has 0 radical (unpaired) electrons. The predicted octanol–water partition coefficient (Wildman–Crippen LogP) is 5.84. The summed E-state index contributed by atoms with van der Waals surface area (Å²) >= 11 is 4.06. The molecule has 0 bridgehead atoms. The van der Waals surface area contributed by atoms with E-state index in [9.17, 15) is 9.90 Å². The van der Waals surface area contributed by atoms with Crippen molar-refractivity contribution in [1.82, 2.24) is 0 Å². The maximum absolute atomic E-state index is 12.0. The van der Waals surface area contributed by atoms with Crippen molar-refractivity contribution in [3.63, 3.8) is 0 Å². The minimum atomic E-state index is -0.494. The Balaban J connectivity index is 2.04. The Bertz CT molecular complexity index is 845. The first-order valence-corrected chi connectivity index (χ1v) is 10.3. The van der Waals surface area contributed by atoms with Crippen molar-refractivity contribution in [3.8, 4) is 0 Å². The quantitative estimate of drug-likeness (QED) is 0.378. The van der Waals surface area contributed by atoms with Gasteiger partial charge in [-0.15, -0.1) is 0 Å². The lowest BCUT2D eigenvalue weighted by Crippen LogP contribution is -2.22. The fraction of sp³-hybridized carbons (Fsp3) is 0.316. The van der Waals surface area contributed by atoms with E-state index in [2.05, 4.69) is 35.6 Å². The molecule has 0 spiro atoms. The second-order valence-electron chi connectivity index (χ2n) is 5.91. The fourth-order valence-electron chi connectivity index (χ4n) is 2.92. The number of hydrogen-bond acceptors (Lipinski definition) is 3. The molecule has 0 aliphatic heterocycles. The summed E-state index contributed by atoms with van der Waals surface area (Å²) in [6, 6.07) is 8.02. The molecule has 0 fully saturated rings. The summed E-state index contributed by atoms with van der Waals surface area (Å²) in [5.74, 6) is 1.14. The second kappa shape index (κ2) is 7.59. The number of rotatable bonds is 5. The molecule has 1 atom stereocenters. The Morgan fingerprint density at radius 1 is 1.29 bits per heavy atom. The van der Waals surface area contributed by atoms with Gasteiger partial charge in [-0.05, 0) is 46.7 Å². The van der Waals surface area contributed by atoms with E-state index < -0.39 is 3.92 Å². The number of furan rings is 1. The highest BCUT2D eigenvalue weighted by atomic mass is 127. The minimum Gasteiger partial charge on any atom is -0.510 e. The Hall–Kier alpha value is -0.830. The summed E-state index contributed by atoms with van der Waals surface area (Å²) < 4.78 is 6.23. The summed E-state index contributed by atoms with van der Waals surface area (Å²) in [5.41, 5.74) is 2.82. The van der Waals surface area contributed by atoms with Gasteiger partial charge in [-0.3, -0.25) is 4.79 Å². The van der Waals surface area contributed by atoms with Crippen molar-refractivity contribution in [2.24, 2.45) is 0 Å². The number of halogens is 2. The van der Waals surface area contributed by atoms with Gasteiger partial charge in [-0.2, -0.15) is 0 Å². The van der Waals surface area contributed by atoms with Crippen LogP contribution in [0, 0.1) is 0 Å². The number of para-hydroxylation sites is 1. The molecule has 3 nitrogen and oxygen atoms in total. The zero-order chi connectivity index (χ0) is 17.3. The average Bonchev–Trinajstić information content (AvgIpc) is 2.93. The number of benzene rings is 1. The average molecular weight is 548 g/mol. The molecule has 0 amide bonds. The largest absolute Gasteiger partial charge is 0.510 e. The molecule has 1 N–H and O–H groups in total. The first-order chi connectivity index (χ1) is 11.5. The summed E-state index contributed by atoms with van der Waals surface area (Å²) in [7, 11) is 0. The summed E-state index contributed by atoms with van der Waals surface area (Å²) in [6.45, 7) is 2.16. The third kappa shape index (κ3) is 3.42. The van der Waals surface area contributed by atoms with Gasteiger partial charge in [0, 0.05) is 23.8 Å². The third-order valence-corrected chi connectivity index (χ3v) is 6.24. The van der Waals surface area contributed by atoms with E-state index in [1.807, 2.05) is 40.8 Å². The van der Waals surface area contributed by atoms with Gasteiger partial charge in [0.05, 0.1) is 3.58 Å². The normalized spacial score (nSPS) is 18.4. The highest BCUT2D eigenvalue weighted by Crippen LogP contribution is 2.34. The lowest BCUT2D eigenvalue weighted by Gasteiger charge is -2.17. The van der Waals surface area contributed by atoms with Crippen molar-refractivity contribution in [1.29, 1.82) is 0 Å². The highest BCUT2D eigenvalue weighted by Gasteiger charge is 2.29. The second-order valence-corrected chi connectivity index (χ2v) is 8.32. The maximum Gasteiger partial charge on any atom is 0.189 e. The van der Waals surface area contributed by atoms with Crippen LogP contribution in [-0.2, 0) is 17.6 Å². The molecule has 1 aliphatic carbocycles. The zero-order valence-electron chi connectivity index (χ0n) is 13.3. The van der Waals surface area contributed by atoms with Crippen LogP contribution in [0.15, 0.2) is 49.7 Å². The summed E-state index contributed by atoms with van der Waals surface area (Å²) in [4.78, 5) is 12.0. The van der Waals surface area contributed by atoms with E-state index in [1.54, 1.807) is 6.08 Å². The van der Waals surface area contributed by atoms with Crippen molar-refractivity contribution in [2.45, 2.75) is 36.5 Å². The SMILES string of the molecule is CCCCc1oc2ccccc2c1CC1=C(O)[C@H](I)C(=O)C(I)=C1. The van der Waals surface area contributed by atoms with Crippen LogP contribution in [-0.4, -0.2) is 14.8 Å². The molecule has 2 aromatic rings. The molecule has 0 saturated heterocycles. The number of unbranched alkanes of at least 4 members (excludes halogenated alkanes) is 1. The lowest BCUT2D eigenvalue weighted by molar-refractivity contribution is -0.113. The molecule has 1 aromatic heterocycles. The van der Waals surface area contributed by atoms with Gasteiger partial charge in [-0.25, -0.2) is 0 Å². The topological polar surface area (TPSA) is 50.4 Å². The van der Waals surface area contributed by atoms with Gasteiger partial charge in [0.2, 0.25) is 0 Å². The van der Waals surface area contributed by atoms with E-state index in [0.717, 1.165) is 47.1 Å². The third-order valence-electron chi connectivity index (χ3n) is 4.24. The molecular weight excluding hydrogens is 530 g/mol. The van der Waals surface area contributed by atoms with Gasteiger partial charge in [0.15, 0.2) is 5.78 Å². The van der Waals surface area contributed by atoms with Crippen LogP contribution in [0.1, 0.15) is 31.1 Å². The van der Waals surface area contributed by atoms with Crippen LogP contribution in [0.2, 0.25) is 0 Å². The zero-order valence-corrected chi connectivity index (χ0v) is 17.6. The predicted molar refractivity (Wildman–Crippen MR) is 113 cm³/mol. The highest BCUT2D eigenvalue weighted by molar-refractivity contribution is 14.1. The van der Waals surface area contributed by atoms with Crippen LogP contribution >= 0.6 is 45.2 Å². The van der Waals surface area contributed by atoms with Gasteiger partial charge < -0.3 is 9.52 Å². The molecule has 24 heavy (non-hydrogen) atoms. The fourth-order valence-corrected chi connectivity index (χ4v) is 4.94. The number of fused-ring (bicyclic) bond motifs is 1. The number of allylic oxidation sites excluding steroid dienone is 4. The van der Waals surface area contributed by atoms with Crippen molar-refractivity contribution in [3.05, 3.63) is 56.6 Å². The van der Waals surface area contributed by atoms with Crippen LogP contribution in [0.3, 0.4) is 0 Å². The molecular formula is C19H18I2O3. The summed E-state index contributed by atoms with van der Waals surface area (Å²) in [5, 5.41) is 11.5. The molecule has 5 heteroatoms. The summed E-state index contributed by atoms with van der Waals surface area (Å²) in [6.07, 6.45) is 5.45. The number of carbonyl (C=O) groups excluding carboxylic acids is 1. The number of hydrogen-bond donors (Lipinski definition) is 1. The first-order valence-electron chi connectivity index (χ1n) is 7.99. The Labute approximate surface area is 168 Å². The lowest BCUT2D eigenvalue weighted by atomic mass is 9.95. The number of carbonyl (C=O) groups is 1. The number of alkyl halides is 1. The van der Waals surface area contributed by atoms with Crippen LogP contribution in [0.4, 0.5) is 0 Å². The van der Waals surface area contributed by atoms with E-state index in [0.29, 0.717) is 10.0 Å². The van der Waals surface area contributed by atoms with Crippen molar-refractivity contribution in [2.75, 3.05) is 0 Å². The van der Waals surface area contributed by atoms with Crippen molar-refractivity contribution >= 4 is 61.9 Å². The number of aliphatic hydroxyl groups is 1. The number of aryl methyl sites for hydroxylation is 1. The number of ketones is 1. The maximum atomic E-state index is 12.0. The molecule has 126 valence electrons. The molecule has 0 unspecified atom stereocenters. The van der Waals surface area contributed by atoms with E-state index in [1.165, 1.54) is 0 Å². The van der Waals surface area contributed by atoms with E-state index in [-0.39, 0.29) is 11.5 Å². The Morgan fingerprint density at radius 2 is 2.04 bits per heavy atom. The van der Waals surface area contributed by atoms with Gasteiger partial charge >= 0.3 is 0 Å². The molecule has 1 heterocycles. The minimum absolute atomic E-state index is 0.0271. The monoisotopic (exact) mass is 548 g/mol. The smallest absolute Gasteiger partial charge is 0.189 e. The van der Waals surface area contributed by atoms with Gasteiger partial charge in [-0.1, -0.05) is 54.1 Å². The van der Waals surface area contributed by atoms with Crippen molar-refractivity contribution < 1.29 is 14.3 Å². The number of aliphatic hydroxyl groups excluding tert-OH is 1. The van der Waals surface area contributed by atoms with Gasteiger partial charge in [0.1, 0.15) is 21.0 Å².